The molecule has 1 aromatic carbocycles. The number of hydrogen-bond donors (Lipinski definition) is 2. The first-order valence-electron chi connectivity index (χ1n) is 15.0. The SMILES string of the molecule is CCCCC(C)(COP(=O)(N[C@@H](C)C(=O)OC(C)C)Oc1ccccn1)n1c(COCC)nc2c(N)nc3ccccc3c21. The molecule has 4 rings (SSSR count). The van der Waals surface area contributed by atoms with Crippen LogP contribution in [0.3, 0.4) is 0 Å². The lowest BCUT2D eigenvalue weighted by molar-refractivity contribution is -0.149. The number of hydrogen-bond acceptors (Lipinski definition) is 10. The number of pyridine rings is 2. The van der Waals surface area contributed by atoms with Gasteiger partial charge in [0.15, 0.2) is 5.82 Å². The molecule has 0 aliphatic carbocycles. The van der Waals surface area contributed by atoms with Crippen molar-refractivity contribution < 1.29 is 27.9 Å². The number of nitrogen functional groups attached to an aromatic ring is 1. The topological polar surface area (TPSA) is 153 Å². The number of ether oxygens (including phenoxy) is 2. The fraction of sp³-hybridized carbons (Fsp3) is 0.484. The predicted molar refractivity (Wildman–Crippen MR) is 170 cm³/mol. The van der Waals surface area contributed by atoms with E-state index in [9.17, 15) is 9.36 Å². The summed E-state index contributed by atoms with van der Waals surface area (Å²) in [6, 6.07) is 11.7. The van der Waals surface area contributed by atoms with Crippen molar-refractivity contribution in [3.05, 3.63) is 54.5 Å². The third kappa shape index (κ3) is 7.74. The Bertz CT molecular complexity index is 1610. The minimum absolute atomic E-state index is 0.0722. The Kier molecular flexibility index (Phi) is 11.0. The first-order chi connectivity index (χ1) is 21.0. The fourth-order valence-electron chi connectivity index (χ4n) is 4.99. The van der Waals surface area contributed by atoms with E-state index in [0.29, 0.717) is 30.2 Å². The van der Waals surface area contributed by atoms with E-state index in [1.54, 1.807) is 39.0 Å². The van der Waals surface area contributed by atoms with Crippen LogP contribution in [0.25, 0.3) is 21.9 Å². The summed E-state index contributed by atoms with van der Waals surface area (Å²) in [5.74, 6) is 0.433. The van der Waals surface area contributed by atoms with Gasteiger partial charge in [-0.25, -0.2) is 19.5 Å². The molecule has 3 atom stereocenters. The molecule has 0 aliphatic heterocycles. The zero-order valence-electron chi connectivity index (χ0n) is 26.3. The maximum absolute atomic E-state index is 14.4. The van der Waals surface area contributed by atoms with Gasteiger partial charge >= 0.3 is 13.7 Å². The molecule has 3 aromatic heterocycles. The van der Waals surface area contributed by atoms with E-state index in [1.165, 1.54) is 6.20 Å². The summed E-state index contributed by atoms with van der Waals surface area (Å²) in [6.45, 7) is 11.7. The molecule has 0 spiro atoms. The lowest BCUT2D eigenvalue weighted by atomic mass is 9.94. The van der Waals surface area contributed by atoms with E-state index in [4.69, 9.17) is 29.2 Å². The highest BCUT2D eigenvalue weighted by Crippen LogP contribution is 2.47. The molecule has 238 valence electrons. The number of nitrogens with one attached hydrogen (secondary N) is 1. The lowest BCUT2D eigenvalue weighted by Crippen LogP contribution is -2.40. The first kappa shape index (κ1) is 33.3. The maximum atomic E-state index is 14.4. The number of para-hydroxylation sites is 1. The summed E-state index contributed by atoms with van der Waals surface area (Å²) in [4.78, 5) is 26.3. The van der Waals surface area contributed by atoms with Gasteiger partial charge in [0.25, 0.3) is 0 Å². The van der Waals surface area contributed by atoms with Gasteiger partial charge in [0.2, 0.25) is 5.88 Å². The Morgan fingerprint density at radius 2 is 1.86 bits per heavy atom. The molecule has 2 unspecified atom stereocenters. The van der Waals surface area contributed by atoms with Crippen LogP contribution in [0, 0.1) is 0 Å². The molecule has 0 saturated heterocycles. The summed E-state index contributed by atoms with van der Waals surface area (Å²) in [5, 5.41) is 3.63. The van der Waals surface area contributed by atoms with Crippen LogP contribution in [0.1, 0.15) is 66.6 Å². The molecule has 0 amide bonds. The van der Waals surface area contributed by atoms with Crippen LogP contribution < -0.4 is 15.3 Å². The number of benzene rings is 1. The zero-order valence-corrected chi connectivity index (χ0v) is 27.2. The van der Waals surface area contributed by atoms with Crippen LogP contribution in [0.5, 0.6) is 5.88 Å². The number of nitrogens with two attached hydrogens (primary N) is 1. The number of aromatic nitrogens is 4. The van der Waals surface area contributed by atoms with Gasteiger partial charge in [0.05, 0.1) is 29.3 Å². The highest BCUT2D eigenvalue weighted by molar-refractivity contribution is 7.52. The van der Waals surface area contributed by atoms with Crippen LogP contribution in [0.2, 0.25) is 0 Å². The van der Waals surface area contributed by atoms with Gasteiger partial charge in [-0.15, -0.1) is 0 Å². The second-order valence-corrected chi connectivity index (χ2v) is 12.9. The molecule has 0 aliphatic rings. The van der Waals surface area contributed by atoms with Crippen LogP contribution in [-0.2, 0) is 35.5 Å². The van der Waals surface area contributed by atoms with Crippen molar-refractivity contribution in [2.24, 2.45) is 0 Å². The standard InChI is InChI=1S/C31H43N6O6P/c1-7-9-17-31(6,20-41-44(39,43-26-16-12-13-18-33-26)36-22(5)30(38)42-21(3)4)37-25(19-40-8-2)35-27-28(37)23-14-10-11-15-24(23)34-29(27)32/h10-16,18,21-22H,7-9,17,19-20H2,1-6H3,(H2,32,34)(H,36,39)/t22-,31?,44?/m0/s1. The Morgan fingerprint density at radius 1 is 1.11 bits per heavy atom. The molecule has 3 heterocycles. The largest absolute Gasteiger partial charge is 0.462 e. The molecule has 13 heteroatoms. The summed E-state index contributed by atoms with van der Waals surface area (Å²) in [6.07, 6.45) is 3.55. The molecular formula is C31H43N6O6P. The highest BCUT2D eigenvalue weighted by atomic mass is 31.2. The van der Waals surface area contributed by atoms with Crippen molar-refractivity contribution >= 4 is 41.5 Å². The van der Waals surface area contributed by atoms with Crippen molar-refractivity contribution in [3.63, 3.8) is 0 Å². The minimum Gasteiger partial charge on any atom is -0.462 e. The predicted octanol–water partition coefficient (Wildman–Crippen LogP) is 6.14. The smallest absolute Gasteiger partial charge is 0.460 e. The van der Waals surface area contributed by atoms with E-state index in [-0.39, 0.29) is 25.2 Å². The Hall–Kier alpha value is -3.57. The van der Waals surface area contributed by atoms with Gasteiger partial charge in [0, 0.05) is 24.3 Å². The average molecular weight is 627 g/mol. The Labute approximate surface area is 258 Å². The highest BCUT2D eigenvalue weighted by Gasteiger charge is 2.39. The number of esters is 1. The van der Waals surface area contributed by atoms with Gasteiger partial charge in [-0.2, -0.15) is 5.09 Å². The maximum Gasteiger partial charge on any atom is 0.460 e. The van der Waals surface area contributed by atoms with Crippen molar-refractivity contribution in [1.82, 2.24) is 24.6 Å². The van der Waals surface area contributed by atoms with Gasteiger partial charge in [0.1, 0.15) is 24.0 Å². The van der Waals surface area contributed by atoms with Crippen molar-refractivity contribution in [1.29, 1.82) is 0 Å². The molecule has 44 heavy (non-hydrogen) atoms. The summed E-state index contributed by atoms with van der Waals surface area (Å²) in [7, 11) is -4.19. The molecular weight excluding hydrogens is 583 g/mol. The number of fused-ring (bicyclic) bond motifs is 3. The minimum atomic E-state index is -4.19. The summed E-state index contributed by atoms with van der Waals surface area (Å²) >= 11 is 0. The Morgan fingerprint density at radius 3 is 2.55 bits per heavy atom. The van der Waals surface area contributed by atoms with Crippen LogP contribution >= 0.6 is 7.75 Å². The van der Waals surface area contributed by atoms with E-state index >= 15 is 0 Å². The van der Waals surface area contributed by atoms with E-state index in [0.717, 1.165) is 29.3 Å². The van der Waals surface area contributed by atoms with Gasteiger partial charge in [-0.1, -0.05) is 44.0 Å². The van der Waals surface area contributed by atoms with Gasteiger partial charge in [-0.3, -0.25) is 9.32 Å². The molecule has 0 fully saturated rings. The molecule has 0 bridgehead atoms. The number of carbonyl (C=O) groups is 1. The van der Waals surface area contributed by atoms with Crippen molar-refractivity contribution in [3.8, 4) is 5.88 Å². The van der Waals surface area contributed by atoms with Gasteiger partial charge < -0.3 is 24.3 Å². The molecule has 3 N–H and O–H groups in total. The van der Waals surface area contributed by atoms with E-state index in [1.807, 2.05) is 38.1 Å². The molecule has 0 radical (unpaired) electrons. The fourth-order valence-corrected chi connectivity index (χ4v) is 6.55. The number of anilines is 1. The third-order valence-corrected chi connectivity index (χ3v) is 8.69. The van der Waals surface area contributed by atoms with E-state index < -0.39 is 25.3 Å². The number of unbranched alkanes of at least 4 members (excludes halogenated alkanes) is 1. The Balaban J connectivity index is 1.81. The van der Waals surface area contributed by atoms with Crippen molar-refractivity contribution in [2.45, 2.75) is 85.1 Å². The second-order valence-electron chi connectivity index (χ2n) is 11.2. The molecule has 12 nitrogen and oxygen atoms in total. The van der Waals surface area contributed by atoms with Crippen LogP contribution in [0.15, 0.2) is 48.7 Å². The number of rotatable bonds is 16. The van der Waals surface area contributed by atoms with E-state index in [2.05, 4.69) is 26.5 Å². The van der Waals surface area contributed by atoms with Gasteiger partial charge in [-0.05, 0) is 53.2 Å². The normalized spacial score (nSPS) is 15.2. The lowest BCUT2D eigenvalue weighted by Gasteiger charge is -2.35. The average Bonchev–Trinajstić information content (AvgIpc) is 3.39. The summed E-state index contributed by atoms with van der Waals surface area (Å²) in [5.41, 5.74) is 7.70. The monoisotopic (exact) mass is 626 g/mol. The van der Waals surface area contributed by atoms with Crippen LogP contribution in [0.4, 0.5) is 5.82 Å². The second kappa shape index (κ2) is 14.5. The molecule has 0 saturated carbocycles. The quantitative estimate of drug-likeness (QED) is 0.109. The third-order valence-electron chi connectivity index (χ3n) is 7.09. The number of carbonyl (C=O) groups excluding carboxylic acids is 1. The summed E-state index contributed by atoms with van der Waals surface area (Å²) < 4.78 is 39.7. The van der Waals surface area contributed by atoms with Crippen LogP contribution in [-0.4, -0.2) is 50.8 Å². The zero-order chi connectivity index (χ0) is 31.9. The number of imidazole rings is 1. The number of nitrogens with zero attached hydrogens (tertiary/aromatic N) is 4. The molecule has 4 aromatic rings. The first-order valence-corrected chi connectivity index (χ1v) is 16.5. The van der Waals surface area contributed by atoms with Crippen molar-refractivity contribution in [2.75, 3.05) is 18.9 Å².